The van der Waals surface area contributed by atoms with Crippen LogP contribution in [0.3, 0.4) is 0 Å². The number of sulfonamides is 1. The first-order valence-electron chi connectivity index (χ1n) is 7.98. The zero-order valence-corrected chi connectivity index (χ0v) is 13.2. The van der Waals surface area contributed by atoms with E-state index < -0.39 is 10.0 Å². The summed E-state index contributed by atoms with van der Waals surface area (Å²) in [5, 5.41) is 8.23. The molecule has 2 rings (SSSR count). The van der Waals surface area contributed by atoms with Gasteiger partial charge in [0.2, 0.25) is 10.0 Å². The Labute approximate surface area is 123 Å². The summed E-state index contributed by atoms with van der Waals surface area (Å²) in [6, 6.07) is 0. The van der Waals surface area contributed by atoms with E-state index in [1.165, 1.54) is 38.5 Å². The number of rotatable bonds is 4. The molecule has 0 aliphatic heterocycles. The minimum absolute atomic E-state index is 0.361. The molecule has 0 amide bonds. The van der Waals surface area contributed by atoms with Gasteiger partial charge in [-0.05, 0) is 37.0 Å². The van der Waals surface area contributed by atoms with Gasteiger partial charge in [-0.15, -0.1) is 0 Å². The van der Waals surface area contributed by atoms with E-state index in [2.05, 4.69) is 6.92 Å². The molecule has 2 aliphatic rings. The van der Waals surface area contributed by atoms with Crippen LogP contribution in [0.15, 0.2) is 0 Å². The van der Waals surface area contributed by atoms with Crippen LogP contribution in [-0.4, -0.2) is 13.7 Å². The van der Waals surface area contributed by atoms with Crippen LogP contribution in [0, 0.1) is 29.2 Å². The highest BCUT2D eigenvalue weighted by molar-refractivity contribution is 7.90. The van der Waals surface area contributed by atoms with E-state index in [9.17, 15) is 8.42 Å². The maximum atomic E-state index is 12.0. The summed E-state index contributed by atoms with van der Waals surface area (Å²) in [4.78, 5) is 0. The molecule has 4 atom stereocenters. The Morgan fingerprint density at radius 2 is 1.90 bits per heavy atom. The normalized spacial score (nSPS) is 35.2. The van der Waals surface area contributed by atoms with E-state index in [1.54, 1.807) is 6.19 Å². The second kappa shape index (κ2) is 6.80. The average Bonchev–Trinajstić information content (AvgIpc) is 2.47. The van der Waals surface area contributed by atoms with Crippen LogP contribution < -0.4 is 4.72 Å². The molecule has 2 fully saturated rings. The maximum Gasteiger partial charge on any atom is 0.243 e. The Morgan fingerprint density at radius 3 is 2.60 bits per heavy atom. The predicted molar refractivity (Wildman–Crippen MR) is 79.2 cm³/mol. The van der Waals surface area contributed by atoms with Gasteiger partial charge < -0.3 is 0 Å². The van der Waals surface area contributed by atoms with Crippen LogP contribution in [0.25, 0.3) is 0 Å². The molecule has 0 bridgehead atoms. The molecule has 0 saturated heterocycles. The van der Waals surface area contributed by atoms with Crippen molar-refractivity contribution >= 4 is 10.0 Å². The van der Waals surface area contributed by atoms with E-state index in [1.807, 2.05) is 4.72 Å². The quantitative estimate of drug-likeness (QED) is 0.640. The summed E-state index contributed by atoms with van der Waals surface area (Å²) in [6.07, 6.45) is 11.6. The first kappa shape index (κ1) is 15.6. The molecule has 5 heteroatoms. The second-order valence-corrected chi connectivity index (χ2v) is 8.39. The van der Waals surface area contributed by atoms with Crippen LogP contribution >= 0.6 is 0 Å². The lowest BCUT2D eigenvalue weighted by Crippen LogP contribution is -2.38. The zero-order valence-electron chi connectivity index (χ0n) is 12.3. The van der Waals surface area contributed by atoms with E-state index in [4.69, 9.17) is 5.26 Å². The van der Waals surface area contributed by atoms with Crippen LogP contribution in [-0.2, 0) is 10.0 Å². The molecular weight excluding hydrogens is 272 g/mol. The van der Waals surface area contributed by atoms with Gasteiger partial charge in [0.05, 0.1) is 5.25 Å². The van der Waals surface area contributed by atoms with Gasteiger partial charge in [-0.25, -0.2) is 13.1 Å². The van der Waals surface area contributed by atoms with E-state index >= 15 is 0 Å². The van der Waals surface area contributed by atoms with Gasteiger partial charge in [0.25, 0.3) is 0 Å². The SMILES string of the molecule is CCC1CCCCC1C1CCCC(S(=O)(=O)NC#N)C1. The third kappa shape index (κ3) is 3.46. The molecule has 0 heterocycles. The van der Waals surface area contributed by atoms with Crippen LogP contribution in [0.1, 0.15) is 64.7 Å². The minimum Gasteiger partial charge on any atom is -0.219 e. The maximum absolute atomic E-state index is 12.0. The second-order valence-electron chi connectivity index (χ2n) is 6.42. The van der Waals surface area contributed by atoms with Crippen molar-refractivity contribution in [1.82, 2.24) is 4.72 Å². The fourth-order valence-electron chi connectivity index (χ4n) is 4.36. The number of nitrogens with zero attached hydrogens (tertiary/aromatic N) is 1. The van der Waals surface area contributed by atoms with Gasteiger partial charge in [0.15, 0.2) is 6.19 Å². The summed E-state index contributed by atoms with van der Waals surface area (Å²) in [6.45, 7) is 2.26. The number of nitriles is 1. The third-order valence-electron chi connectivity index (χ3n) is 5.39. The Morgan fingerprint density at radius 1 is 1.15 bits per heavy atom. The fraction of sp³-hybridized carbons (Fsp3) is 0.933. The van der Waals surface area contributed by atoms with Gasteiger partial charge in [-0.2, -0.15) is 5.26 Å². The summed E-state index contributed by atoms with van der Waals surface area (Å²) < 4.78 is 26.1. The van der Waals surface area contributed by atoms with Gasteiger partial charge in [0.1, 0.15) is 0 Å². The molecule has 20 heavy (non-hydrogen) atoms. The summed E-state index contributed by atoms with van der Waals surface area (Å²) in [7, 11) is -3.44. The first-order chi connectivity index (χ1) is 9.58. The number of nitrogens with one attached hydrogen (secondary N) is 1. The van der Waals surface area contributed by atoms with Crippen molar-refractivity contribution in [2.24, 2.45) is 17.8 Å². The number of hydrogen-bond acceptors (Lipinski definition) is 3. The smallest absolute Gasteiger partial charge is 0.219 e. The molecular formula is C15H26N2O2S. The molecule has 2 aliphatic carbocycles. The highest BCUT2D eigenvalue weighted by Crippen LogP contribution is 2.43. The molecule has 0 aromatic carbocycles. The Bertz CT molecular complexity index is 455. The third-order valence-corrected chi connectivity index (χ3v) is 7.07. The lowest BCUT2D eigenvalue weighted by atomic mass is 9.67. The fourth-order valence-corrected chi connectivity index (χ4v) is 5.63. The summed E-state index contributed by atoms with van der Waals surface area (Å²) >= 11 is 0. The van der Waals surface area contributed by atoms with Crippen molar-refractivity contribution < 1.29 is 8.42 Å². The standard InChI is InChI=1S/C15H26N2O2S/c1-2-12-6-3-4-9-15(12)13-7-5-8-14(10-13)20(18,19)17-11-16/h12-15,17H,2-10H2,1H3. The van der Waals surface area contributed by atoms with Crippen molar-refractivity contribution in [2.75, 3.05) is 0 Å². The Balaban J connectivity index is 2.05. The van der Waals surface area contributed by atoms with Crippen molar-refractivity contribution in [3.8, 4) is 6.19 Å². The highest BCUT2D eigenvalue weighted by atomic mass is 32.2. The van der Waals surface area contributed by atoms with Gasteiger partial charge >= 0.3 is 0 Å². The van der Waals surface area contributed by atoms with Crippen LogP contribution in [0.4, 0.5) is 0 Å². The summed E-state index contributed by atoms with van der Waals surface area (Å²) in [5.74, 6) is 2.02. The minimum atomic E-state index is -3.44. The Kier molecular flexibility index (Phi) is 5.31. The van der Waals surface area contributed by atoms with Crippen LogP contribution in [0.5, 0.6) is 0 Å². The lowest BCUT2D eigenvalue weighted by Gasteiger charge is -2.40. The molecule has 0 aromatic heterocycles. The average molecular weight is 298 g/mol. The molecule has 4 nitrogen and oxygen atoms in total. The zero-order chi connectivity index (χ0) is 14.6. The largest absolute Gasteiger partial charge is 0.243 e. The van der Waals surface area contributed by atoms with Crippen molar-refractivity contribution in [3.05, 3.63) is 0 Å². The molecule has 2 saturated carbocycles. The highest BCUT2D eigenvalue weighted by Gasteiger charge is 2.38. The first-order valence-corrected chi connectivity index (χ1v) is 9.52. The molecule has 114 valence electrons. The molecule has 4 unspecified atom stereocenters. The van der Waals surface area contributed by atoms with E-state index in [-0.39, 0.29) is 5.25 Å². The van der Waals surface area contributed by atoms with Crippen molar-refractivity contribution in [3.63, 3.8) is 0 Å². The van der Waals surface area contributed by atoms with Crippen LogP contribution in [0.2, 0.25) is 0 Å². The predicted octanol–water partition coefficient (Wildman–Crippen LogP) is 3.16. The molecule has 0 spiro atoms. The Hall–Kier alpha value is -0.760. The molecule has 1 N–H and O–H groups in total. The summed E-state index contributed by atoms with van der Waals surface area (Å²) in [5.41, 5.74) is 0. The lowest BCUT2D eigenvalue weighted by molar-refractivity contribution is 0.126. The number of hydrogen-bond donors (Lipinski definition) is 1. The molecule has 0 radical (unpaired) electrons. The topological polar surface area (TPSA) is 70.0 Å². The van der Waals surface area contributed by atoms with Gasteiger partial charge in [0, 0.05) is 0 Å². The van der Waals surface area contributed by atoms with E-state index in [0.29, 0.717) is 18.3 Å². The van der Waals surface area contributed by atoms with Gasteiger partial charge in [-0.3, -0.25) is 0 Å². The monoisotopic (exact) mass is 298 g/mol. The molecule has 0 aromatic rings. The van der Waals surface area contributed by atoms with Crippen molar-refractivity contribution in [2.45, 2.75) is 70.0 Å². The van der Waals surface area contributed by atoms with E-state index in [0.717, 1.165) is 18.8 Å². The van der Waals surface area contributed by atoms with Crippen molar-refractivity contribution in [1.29, 1.82) is 5.26 Å². The van der Waals surface area contributed by atoms with Gasteiger partial charge in [-0.1, -0.05) is 45.4 Å².